The van der Waals surface area contributed by atoms with Crippen molar-refractivity contribution in [1.29, 1.82) is 0 Å². The van der Waals surface area contributed by atoms with Gasteiger partial charge in [-0.25, -0.2) is 10.8 Å². The van der Waals surface area contributed by atoms with Crippen LogP contribution in [-0.4, -0.2) is 15.9 Å². The first kappa shape index (κ1) is 13.0. The van der Waals surface area contributed by atoms with Crippen LogP contribution < -0.4 is 16.6 Å². The van der Waals surface area contributed by atoms with Crippen molar-refractivity contribution >= 4 is 28.3 Å². The lowest BCUT2D eigenvalue weighted by Gasteiger charge is -2.08. The molecule has 0 saturated heterocycles. The molecular formula is C15H13N5O. The summed E-state index contributed by atoms with van der Waals surface area (Å²) in [5.41, 5.74) is 4.29. The SMILES string of the molecule is NNc1cc(C(=O)Nc2cccc3cccnc23)ccn1. The molecule has 0 radical (unpaired) electrons. The minimum absolute atomic E-state index is 0.243. The summed E-state index contributed by atoms with van der Waals surface area (Å²) in [7, 11) is 0. The van der Waals surface area contributed by atoms with Crippen LogP contribution in [0.1, 0.15) is 10.4 Å². The first-order valence-corrected chi connectivity index (χ1v) is 6.36. The van der Waals surface area contributed by atoms with Gasteiger partial charge in [0.1, 0.15) is 5.82 Å². The smallest absolute Gasteiger partial charge is 0.255 e. The van der Waals surface area contributed by atoms with Crippen molar-refractivity contribution in [2.75, 3.05) is 10.7 Å². The van der Waals surface area contributed by atoms with Crippen LogP contribution in [0.25, 0.3) is 10.9 Å². The van der Waals surface area contributed by atoms with E-state index in [0.29, 0.717) is 17.1 Å². The van der Waals surface area contributed by atoms with E-state index < -0.39 is 0 Å². The number of hydrogen-bond acceptors (Lipinski definition) is 5. The number of hydrazine groups is 1. The third-order valence-corrected chi connectivity index (χ3v) is 3.05. The number of fused-ring (bicyclic) bond motifs is 1. The summed E-state index contributed by atoms with van der Waals surface area (Å²) in [4.78, 5) is 20.6. The van der Waals surface area contributed by atoms with Crippen molar-refractivity contribution in [3.63, 3.8) is 0 Å². The van der Waals surface area contributed by atoms with Crippen LogP contribution in [0, 0.1) is 0 Å². The zero-order valence-corrected chi connectivity index (χ0v) is 11.1. The van der Waals surface area contributed by atoms with Crippen LogP contribution in [-0.2, 0) is 0 Å². The van der Waals surface area contributed by atoms with Crippen LogP contribution >= 0.6 is 0 Å². The molecule has 3 aromatic rings. The molecule has 21 heavy (non-hydrogen) atoms. The molecule has 1 aromatic carbocycles. The molecule has 0 aliphatic carbocycles. The van der Waals surface area contributed by atoms with Crippen LogP contribution in [0.3, 0.4) is 0 Å². The maximum atomic E-state index is 12.3. The molecule has 3 rings (SSSR count). The predicted octanol–water partition coefficient (Wildman–Crippen LogP) is 2.17. The Labute approximate surface area is 121 Å². The van der Waals surface area contributed by atoms with Gasteiger partial charge in [0.2, 0.25) is 0 Å². The molecule has 0 aliphatic heterocycles. The first-order valence-electron chi connectivity index (χ1n) is 6.36. The highest BCUT2D eigenvalue weighted by atomic mass is 16.1. The number of nitrogens with zero attached hydrogens (tertiary/aromatic N) is 2. The van der Waals surface area contributed by atoms with Crippen LogP contribution in [0.15, 0.2) is 54.9 Å². The van der Waals surface area contributed by atoms with Gasteiger partial charge in [-0.2, -0.15) is 0 Å². The topological polar surface area (TPSA) is 92.9 Å². The van der Waals surface area contributed by atoms with Crippen molar-refractivity contribution in [1.82, 2.24) is 9.97 Å². The van der Waals surface area contributed by atoms with Gasteiger partial charge < -0.3 is 10.7 Å². The monoisotopic (exact) mass is 279 g/mol. The Morgan fingerprint density at radius 1 is 1.05 bits per heavy atom. The predicted molar refractivity (Wildman–Crippen MR) is 81.7 cm³/mol. The van der Waals surface area contributed by atoms with E-state index >= 15 is 0 Å². The molecule has 6 nitrogen and oxygen atoms in total. The van der Waals surface area contributed by atoms with Crippen LogP contribution in [0.5, 0.6) is 0 Å². The van der Waals surface area contributed by atoms with E-state index in [9.17, 15) is 4.79 Å². The molecule has 2 aromatic heterocycles. The summed E-state index contributed by atoms with van der Waals surface area (Å²) in [6.07, 6.45) is 3.21. The van der Waals surface area contributed by atoms with E-state index in [1.165, 1.54) is 6.20 Å². The second-order valence-corrected chi connectivity index (χ2v) is 4.41. The van der Waals surface area contributed by atoms with Gasteiger partial charge in [0, 0.05) is 23.3 Å². The Morgan fingerprint density at radius 3 is 2.76 bits per heavy atom. The van der Waals surface area contributed by atoms with E-state index in [1.54, 1.807) is 18.3 Å². The summed E-state index contributed by atoms with van der Waals surface area (Å²) in [5.74, 6) is 5.48. The van der Waals surface area contributed by atoms with Crippen LogP contribution in [0.2, 0.25) is 0 Å². The third-order valence-electron chi connectivity index (χ3n) is 3.05. The molecule has 2 heterocycles. The van der Waals surface area contributed by atoms with Crippen molar-refractivity contribution < 1.29 is 4.79 Å². The van der Waals surface area contributed by atoms with Crippen molar-refractivity contribution in [3.05, 3.63) is 60.4 Å². The number of rotatable bonds is 3. The number of amides is 1. The third kappa shape index (κ3) is 2.65. The number of hydrogen-bond donors (Lipinski definition) is 3. The van der Waals surface area contributed by atoms with Gasteiger partial charge in [-0.15, -0.1) is 0 Å². The number of pyridine rings is 2. The normalized spacial score (nSPS) is 10.3. The first-order chi connectivity index (χ1) is 10.3. The summed E-state index contributed by atoms with van der Waals surface area (Å²) in [6.45, 7) is 0. The Hall–Kier alpha value is -2.99. The molecule has 0 bridgehead atoms. The van der Waals surface area contributed by atoms with E-state index in [0.717, 1.165) is 10.9 Å². The number of nitrogens with two attached hydrogens (primary N) is 1. The fourth-order valence-electron chi connectivity index (χ4n) is 2.05. The van der Waals surface area contributed by atoms with E-state index in [1.807, 2.05) is 30.3 Å². The van der Waals surface area contributed by atoms with Crippen molar-refractivity contribution in [3.8, 4) is 0 Å². The highest BCUT2D eigenvalue weighted by Gasteiger charge is 2.09. The van der Waals surface area contributed by atoms with Crippen LogP contribution in [0.4, 0.5) is 11.5 Å². The Kier molecular flexibility index (Phi) is 3.44. The lowest BCUT2D eigenvalue weighted by molar-refractivity contribution is 0.102. The Balaban J connectivity index is 1.93. The Morgan fingerprint density at radius 2 is 1.90 bits per heavy atom. The second kappa shape index (κ2) is 5.56. The van der Waals surface area contributed by atoms with Gasteiger partial charge in [-0.1, -0.05) is 18.2 Å². The standard InChI is InChI=1S/C15H13N5O/c16-20-13-9-11(6-8-17-13)15(21)19-12-5-1-3-10-4-2-7-18-14(10)12/h1-9H,16H2,(H,17,20)(H,19,21). The number of nitrogen functional groups attached to an aromatic ring is 1. The number of benzene rings is 1. The Bertz CT molecular complexity index is 797. The molecule has 4 N–H and O–H groups in total. The van der Waals surface area contributed by atoms with Gasteiger partial charge >= 0.3 is 0 Å². The maximum Gasteiger partial charge on any atom is 0.255 e. The average molecular weight is 279 g/mol. The van der Waals surface area contributed by atoms with Crippen molar-refractivity contribution in [2.45, 2.75) is 0 Å². The van der Waals surface area contributed by atoms with Gasteiger partial charge in [0.05, 0.1) is 11.2 Å². The van der Waals surface area contributed by atoms with Gasteiger partial charge in [0.15, 0.2) is 0 Å². The van der Waals surface area contributed by atoms with Gasteiger partial charge in [-0.3, -0.25) is 9.78 Å². The average Bonchev–Trinajstić information content (AvgIpc) is 2.55. The molecule has 1 amide bonds. The fraction of sp³-hybridized carbons (Fsp3) is 0. The zero-order valence-electron chi connectivity index (χ0n) is 11.1. The summed E-state index contributed by atoms with van der Waals surface area (Å²) in [6, 6.07) is 12.6. The van der Waals surface area contributed by atoms with E-state index in [-0.39, 0.29) is 5.91 Å². The number of anilines is 2. The molecule has 6 heteroatoms. The lowest BCUT2D eigenvalue weighted by atomic mass is 10.2. The number of carbonyl (C=O) groups is 1. The molecule has 104 valence electrons. The number of aromatic nitrogens is 2. The highest BCUT2D eigenvalue weighted by molar-refractivity contribution is 6.08. The zero-order chi connectivity index (χ0) is 14.7. The van der Waals surface area contributed by atoms with Gasteiger partial charge in [0.25, 0.3) is 5.91 Å². The summed E-state index contributed by atoms with van der Waals surface area (Å²) in [5, 5.41) is 3.82. The second-order valence-electron chi connectivity index (χ2n) is 4.41. The minimum Gasteiger partial charge on any atom is -0.320 e. The summed E-state index contributed by atoms with van der Waals surface area (Å²) >= 11 is 0. The highest BCUT2D eigenvalue weighted by Crippen LogP contribution is 2.21. The van der Waals surface area contributed by atoms with Gasteiger partial charge in [-0.05, 0) is 24.3 Å². The molecule has 0 unspecified atom stereocenters. The summed E-state index contributed by atoms with van der Waals surface area (Å²) < 4.78 is 0. The molecule has 0 saturated carbocycles. The van der Waals surface area contributed by atoms with E-state index in [2.05, 4.69) is 20.7 Å². The largest absolute Gasteiger partial charge is 0.320 e. The molecule has 0 fully saturated rings. The van der Waals surface area contributed by atoms with E-state index in [4.69, 9.17) is 5.84 Å². The maximum absolute atomic E-state index is 12.3. The minimum atomic E-state index is -0.243. The molecule has 0 spiro atoms. The molecule has 0 atom stereocenters. The molecule has 0 aliphatic rings. The number of nitrogens with one attached hydrogen (secondary N) is 2. The number of carbonyl (C=O) groups excluding carboxylic acids is 1. The fourth-order valence-corrected chi connectivity index (χ4v) is 2.05. The quantitative estimate of drug-likeness (QED) is 0.504. The lowest BCUT2D eigenvalue weighted by Crippen LogP contribution is -2.14. The number of para-hydroxylation sites is 1. The van der Waals surface area contributed by atoms with Crippen molar-refractivity contribution in [2.24, 2.45) is 5.84 Å². The molecular weight excluding hydrogens is 266 g/mol.